The molecule has 1 aromatic carbocycles. The number of esters is 1. The van der Waals surface area contributed by atoms with E-state index in [1.165, 1.54) is 14.2 Å². The van der Waals surface area contributed by atoms with Crippen molar-refractivity contribution in [3.8, 4) is 11.5 Å². The van der Waals surface area contributed by atoms with Crippen molar-refractivity contribution in [3.05, 3.63) is 22.2 Å². The quantitative estimate of drug-likeness (QED) is 0.799. The number of hydrogen-bond donors (Lipinski definition) is 0. The maximum atomic E-state index is 11.7. The standard InChI is InChI=1S/C11H13BrO4/c1-4-16-11(13)9-7(12)5-6-8(14-2)10(9)15-3/h5-6H,4H2,1-3H3. The maximum Gasteiger partial charge on any atom is 0.343 e. The molecule has 0 aliphatic heterocycles. The summed E-state index contributed by atoms with van der Waals surface area (Å²) in [5.41, 5.74) is 0.337. The molecule has 0 radical (unpaired) electrons. The lowest BCUT2D eigenvalue weighted by molar-refractivity contribution is 0.0521. The molecule has 0 aliphatic rings. The molecule has 1 rings (SSSR count). The van der Waals surface area contributed by atoms with Crippen LogP contribution in [-0.4, -0.2) is 26.8 Å². The minimum atomic E-state index is -0.440. The molecule has 0 fully saturated rings. The highest BCUT2D eigenvalue weighted by Crippen LogP contribution is 2.36. The van der Waals surface area contributed by atoms with Crippen LogP contribution >= 0.6 is 15.9 Å². The van der Waals surface area contributed by atoms with Gasteiger partial charge in [-0.15, -0.1) is 0 Å². The zero-order valence-electron chi connectivity index (χ0n) is 9.37. The van der Waals surface area contributed by atoms with Crippen LogP contribution in [0.1, 0.15) is 17.3 Å². The maximum absolute atomic E-state index is 11.7. The molecule has 4 nitrogen and oxygen atoms in total. The van der Waals surface area contributed by atoms with Gasteiger partial charge in [0.1, 0.15) is 5.56 Å². The van der Waals surface area contributed by atoms with Crippen LogP contribution in [0.15, 0.2) is 16.6 Å². The molecular weight excluding hydrogens is 276 g/mol. The van der Waals surface area contributed by atoms with Crippen molar-refractivity contribution >= 4 is 21.9 Å². The van der Waals surface area contributed by atoms with Gasteiger partial charge in [0, 0.05) is 4.47 Å². The van der Waals surface area contributed by atoms with Gasteiger partial charge >= 0.3 is 5.97 Å². The predicted molar refractivity (Wildman–Crippen MR) is 63.2 cm³/mol. The smallest absolute Gasteiger partial charge is 0.343 e. The number of rotatable bonds is 4. The van der Waals surface area contributed by atoms with Crippen LogP contribution in [0.2, 0.25) is 0 Å². The highest BCUT2D eigenvalue weighted by molar-refractivity contribution is 9.10. The third-order valence-corrected chi connectivity index (χ3v) is 2.64. The number of carbonyl (C=O) groups excluding carboxylic acids is 1. The zero-order chi connectivity index (χ0) is 12.1. The number of ether oxygens (including phenoxy) is 3. The molecule has 88 valence electrons. The number of methoxy groups -OCH3 is 2. The van der Waals surface area contributed by atoms with Gasteiger partial charge in [-0.25, -0.2) is 4.79 Å². The highest BCUT2D eigenvalue weighted by atomic mass is 79.9. The van der Waals surface area contributed by atoms with E-state index in [9.17, 15) is 4.79 Å². The molecular formula is C11H13BrO4. The number of hydrogen-bond acceptors (Lipinski definition) is 4. The average molecular weight is 289 g/mol. The van der Waals surface area contributed by atoms with Crippen molar-refractivity contribution in [2.45, 2.75) is 6.92 Å². The van der Waals surface area contributed by atoms with Crippen LogP contribution in [0.4, 0.5) is 0 Å². The van der Waals surface area contributed by atoms with E-state index in [-0.39, 0.29) is 0 Å². The summed E-state index contributed by atoms with van der Waals surface area (Å²) >= 11 is 3.29. The van der Waals surface area contributed by atoms with Gasteiger partial charge in [-0.1, -0.05) is 0 Å². The number of benzene rings is 1. The minimum absolute atomic E-state index is 0.311. The number of halogens is 1. The summed E-state index contributed by atoms with van der Waals surface area (Å²) in [5.74, 6) is 0.425. The molecule has 5 heteroatoms. The van der Waals surface area contributed by atoms with Crippen LogP contribution in [0.5, 0.6) is 11.5 Å². The molecule has 0 amide bonds. The van der Waals surface area contributed by atoms with Crippen molar-refractivity contribution in [1.29, 1.82) is 0 Å². The van der Waals surface area contributed by atoms with E-state index in [0.29, 0.717) is 28.1 Å². The first-order valence-electron chi connectivity index (χ1n) is 4.73. The summed E-state index contributed by atoms with van der Waals surface area (Å²) in [6.07, 6.45) is 0. The van der Waals surface area contributed by atoms with E-state index < -0.39 is 5.97 Å². The van der Waals surface area contributed by atoms with E-state index in [0.717, 1.165) is 0 Å². The normalized spacial score (nSPS) is 9.75. The van der Waals surface area contributed by atoms with Crippen molar-refractivity contribution in [3.63, 3.8) is 0 Å². The SMILES string of the molecule is CCOC(=O)c1c(Br)ccc(OC)c1OC. The van der Waals surface area contributed by atoms with E-state index in [2.05, 4.69) is 15.9 Å². The summed E-state index contributed by atoms with van der Waals surface area (Å²) in [7, 11) is 2.99. The molecule has 16 heavy (non-hydrogen) atoms. The third kappa shape index (κ3) is 2.47. The van der Waals surface area contributed by atoms with Gasteiger partial charge in [0.05, 0.1) is 20.8 Å². The molecule has 0 N–H and O–H groups in total. The Kier molecular flexibility index (Phi) is 4.61. The van der Waals surface area contributed by atoms with Gasteiger partial charge in [0.2, 0.25) is 0 Å². The zero-order valence-corrected chi connectivity index (χ0v) is 11.0. The second-order valence-electron chi connectivity index (χ2n) is 2.88. The Hall–Kier alpha value is -1.23. The Morgan fingerprint density at radius 2 is 2.00 bits per heavy atom. The van der Waals surface area contributed by atoms with Crippen LogP contribution in [0.25, 0.3) is 0 Å². The van der Waals surface area contributed by atoms with Crippen molar-refractivity contribution in [2.24, 2.45) is 0 Å². The Morgan fingerprint density at radius 3 is 2.50 bits per heavy atom. The Balaban J connectivity index is 3.28. The van der Waals surface area contributed by atoms with Gasteiger partial charge in [-0.3, -0.25) is 0 Å². The van der Waals surface area contributed by atoms with Crippen molar-refractivity contribution in [1.82, 2.24) is 0 Å². The lowest BCUT2D eigenvalue weighted by Gasteiger charge is -2.13. The van der Waals surface area contributed by atoms with Crippen molar-refractivity contribution < 1.29 is 19.0 Å². The first-order valence-corrected chi connectivity index (χ1v) is 5.52. The Morgan fingerprint density at radius 1 is 1.31 bits per heavy atom. The Bertz CT molecular complexity index is 390. The fraction of sp³-hybridized carbons (Fsp3) is 0.364. The summed E-state index contributed by atoms with van der Waals surface area (Å²) in [4.78, 5) is 11.7. The van der Waals surface area contributed by atoms with E-state index in [1.54, 1.807) is 19.1 Å². The third-order valence-electron chi connectivity index (χ3n) is 1.97. The molecule has 0 aliphatic carbocycles. The van der Waals surface area contributed by atoms with E-state index in [4.69, 9.17) is 14.2 Å². The summed E-state index contributed by atoms with van der Waals surface area (Å²) in [6, 6.07) is 3.43. The highest BCUT2D eigenvalue weighted by Gasteiger charge is 2.21. The second kappa shape index (κ2) is 5.75. The van der Waals surface area contributed by atoms with Gasteiger partial charge in [-0.2, -0.15) is 0 Å². The van der Waals surface area contributed by atoms with Crippen molar-refractivity contribution in [2.75, 3.05) is 20.8 Å². The number of carbonyl (C=O) groups is 1. The molecule has 0 spiro atoms. The Labute approximate surface area is 103 Å². The summed E-state index contributed by atoms with van der Waals surface area (Å²) in [5, 5.41) is 0. The fourth-order valence-corrected chi connectivity index (χ4v) is 1.77. The predicted octanol–water partition coefficient (Wildman–Crippen LogP) is 2.64. The van der Waals surface area contributed by atoms with E-state index in [1.807, 2.05) is 0 Å². The van der Waals surface area contributed by atoms with Gasteiger partial charge in [0.15, 0.2) is 11.5 Å². The molecule has 0 saturated carbocycles. The lowest BCUT2D eigenvalue weighted by Crippen LogP contribution is -2.08. The van der Waals surface area contributed by atoms with Gasteiger partial charge in [-0.05, 0) is 35.0 Å². The molecule has 0 heterocycles. The van der Waals surface area contributed by atoms with Crippen LogP contribution < -0.4 is 9.47 Å². The fourth-order valence-electron chi connectivity index (χ4n) is 1.30. The van der Waals surface area contributed by atoms with Crippen LogP contribution in [0.3, 0.4) is 0 Å². The molecule has 0 bridgehead atoms. The van der Waals surface area contributed by atoms with Crippen LogP contribution in [-0.2, 0) is 4.74 Å². The minimum Gasteiger partial charge on any atom is -0.493 e. The largest absolute Gasteiger partial charge is 0.493 e. The second-order valence-corrected chi connectivity index (χ2v) is 3.73. The van der Waals surface area contributed by atoms with Gasteiger partial charge in [0.25, 0.3) is 0 Å². The van der Waals surface area contributed by atoms with Gasteiger partial charge < -0.3 is 14.2 Å². The molecule has 0 saturated heterocycles. The lowest BCUT2D eigenvalue weighted by atomic mass is 10.2. The van der Waals surface area contributed by atoms with E-state index >= 15 is 0 Å². The topological polar surface area (TPSA) is 44.8 Å². The molecule has 1 aromatic rings. The van der Waals surface area contributed by atoms with Crippen LogP contribution in [0, 0.1) is 0 Å². The summed E-state index contributed by atoms with van der Waals surface area (Å²) in [6.45, 7) is 2.06. The first-order chi connectivity index (χ1) is 7.65. The average Bonchev–Trinajstić information content (AvgIpc) is 2.28. The molecule has 0 unspecified atom stereocenters. The monoisotopic (exact) mass is 288 g/mol. The molecule has 0 atom stereocenters. The summed E-state index contributed by atoms with van der Waals surface area (Å²) < 4.78 is 15.8. The molecule has 0 aromatic heterocycles. The first kappa shape index (κ1) is 12.8.